The van der Waals surface area contributed by atoms with Crippen LogP contribution >= 0.6 is 0 Å². The zero-order valence-corrected chi connectivity index (χ0v) is 18.4. The number of fused-ring (bicyclic) bond motifs is 1. The second-order valence-electron chi connectivity index (χ2n) is 7.02. The lowest BCUT2D eigenvalue weighted by Crippen LogP contribution is -2.44. The molecule has 31 heavy (non-hydrogen) atoms. The molecule has 0 bridgehead atoms. The molecule has 8 nitrogen and oxygen atoms in total. The van der Waals surface area contributed by atoms with Crippen molar-refractivity contribution in [3.05, 3.63) is 59.7 Å². The van der Waals surface area contributed by atoms with Gasteiger partial charge in [0.1, 0.15) is 5.75 Å². The van der Waals surface area contributed by atoms with E-state index >= 15 is 0 Å². The summed E-state index contributed by atoms with van der Waals surface area (Å²) < 4.78 is 32.1. The molecule has 9 heteroatoms. The standard InChI is InChI=1S/C22H24N2O6S/c1-4-23(5-2)31(28,29)17-12-10-16(11-13-17)19(25)14-24-21(26)15(3)30-20-9-7-6-8-18(20)22(24)27/h6-13,15H,4-5,14H2,1-3H3. The van der Waals surface area contributed by atoms with Crippen molar-refractivity contribution >= 4 is 27.6 Å². The van der Waals surface area contributed by atoms with Crippen LogP contribution in [-0.4, -0.2) is 61.0 Å². The summed E-state index contributed by atoms with van der Waals surface area (Å²) in [5, 5.41) is 0. The van der Waals surface area contributed by atoms with Crippen LogP contribution in [0, 0.1) is 0 Å². The molecule has 0 fully saturated rings. The molecular weight excluding hydrogens is 420 g/mol. The molecule has 1 heterocycles. The van der Waals surface area contributed by atoms with Gasteiger partial charge in [0.2, 0.25) is 10.0 Å². The van der Waals surface area contributed by atoms with Crippen LogP contribution in [0.25, 0.3) is 0 Å². The van der Waals surface area contributed by atoms with Crippen LogP contribution in [0.1, 0.15) is 41.5 Å². The topological polar surface area (TPSA) is 101 Å². The number of rotatable bonds is 7. The van der Waals surface area contributed by atoms with Crippen LogP contribution in [0.4, 0.5) is 0 Å². The normalized spacial score (nSPS) is 16.6. The molecule has 0 spiro atoms. The van der Waals surface area contributed by atoms with Crippen molar-refractivity contribution in [2.45, 2.75) is 31.8 Å². The van der Waals surface area contributed by atoms with Gasteiger partial charge in [0.15, 0.2) is 11.9 Å². The Hall–Kier alpha value is -3.04. The second-order valence-corrected chi connectivity index (χ2v) is 8.96. The Balaban J connectivity index is 1.84. The Kier molecular flexibility index (Phi) is 6.56. The van der Waals surface area contributed by atoms with Gasteiger partial charge in [0.25, 0.3) is 11.8 Å². The van der Waals surface area contributed by atoms with E-state index in [9.17, 15) is 22.8 Å². The van der Waals surface area contributed by atoms with Gasteiger partial charge in [-0.2, -0.15) is 4.31 Å². The lowest BCUT2D eigenvalue weighted by molar-refractivity contribution is -0.134. The minimum absolute atomic E-state index is 0.0747. The first-order valence-electron chi connectivity index (χ1n) is 9.95. The number of Topliss-reactive ketones (excluding diaryl/α,β-unsaturated/α-hetero) is 1. The summed E-state index contributed by atoms with van der Waals surface area (Å²) in [4.78, 5) is 39.3. The molecular formula is C22H24N2O6S. The van der Waals surface area contributed by atoms with Crippen molar-refractivity contribution in [1.82, 2.24) is 9.21 Å². The summed E-state index contributed by atoms with van der Waals surface area (Å²) in [6.07, 6.45) is -0.929. The van der Waals surface area contributed by atoms with E-state index in [1.165, 1.54) is 41.6 Å². The Morgan fingerprint density at radius 1 is 1.03 bits per heavy atom. The van der Waals surface area contributed by atoms with E-state index in [0.717, 1.165) is 4.90 Å². The number of ketones is 1. The number of nitrogens with zero attached hydrogens (tertiary/aromatic N) is 2. The quantitative estimate of drug-likeness (QED) is 0.480. The predicted octanol–water partition coefficient (Wildman–Crippen LogP) is 2.35. The van der Waals surface area contributed by atoms with Crippen molar-refractivity contribution in [3.8, 4) is 5.75 Å². The van der Waals surface area contributed by atoms with Crippen molar-refractivity contribution in [1.29, 1.82) is 0 Å². The number of sulfonamides is 1. The van der Waals surface area contributed by atoms with Crippen LogP contribution < -0.4 is 4.74 Å². The molecule has 1 atom stereocenters. The molecule has 0 saturated carbocycles. The number of benzene rings is 2. The fourth-order valence-electron chi connectivity index (χ4n) is 3.36. The highest BCUT2D eigenvalue weighted by Crippen LogP contribution is 2.25. The lowest BCUT2D eigenvalue weighted by atomic mass is 10.1. The van der Waals surface area contributed by atoms with E-state index in [4.69, 9.17) is 4.74 Å². The first-order chi connectivity index (χ1) is 14.7. The van der Waals surface area contributed by atoms with Crippen molar-refractivity contribution < 1.29 is 27.5 Å². The monoisotopic (exact) mass is 444 g/mol. The molecule has 1 aliphatic heterocycles. The highest BCUT2D eigenvalue weighted by atomic mass is 32.2. The minimum atomic E-state index is -3.65. The smallest absolute Gasteiger partial charge is 0.270 e. The van der Waals surface area contributed by atoms with Crippen molar-refractivity contribution in [2.75, 3.05) is 19.6 Å². The van der Waals surface area contributed by atoms with Crippen LogP contribution in [0.2, 0.25) is 0 Å². The highest BCUT2D eigenvalue weighted by molar-refractivity contribution is 7.89. The zero-order valence-electron chi connectivity index (χ0n) is 17.6. The number of carbonyl (C=O) groups is 3. The number of carbonyl (C=O) groups excluding carboxylic acids is 3. The molecule has 2 aromatic rings. The molecule has 1 unspecified atom stereocenters. The van der Waals surface area contributed by atoms with E-state index in [2.05, 4.69) is 0 Å². The molecule has 2 amide bonds. The maximum atomic E-state index is 12.9. The van der Waals surface area contributed by atoms with Gasteiger partial charge in [-0.25, -0.2) is 8.42 Å². The Labute approximate surface area is 181 Å². The summed E-state index contributed by atoms with van der Waals surface area (Å²) in [5.41, 5.74) is 0.402. The maximum absolute atomic E-state index is 12.9. The third-order valence-electron chi connectivity index (χ3n) is 5.10. The Morgan fingerprint density at radius 2 is 1.65 bits per heavy atom. The number of imide groups is 1. The summed E-state index contributed by atoms with van der Waals surface area (Å²) in [5.74, 6) is -1.43. The molecule has 2 aromatic carbocycles. The number of hydrogen-bond acceptors (Lipinski definition) is 6. The van der Waals surface area contributed by atoms with Gasteiger partial charge in [0.05, 0.1) is 17.0 Å². The Morgan fingerprint density at radius 3 is 2.26 bits per heavy atom. The van der Waals surface area contributed by atoms with E-state index in [0.29, 0.717) is 13.1 Å². The molecule has 1 aliphatic rings. The van der Waals surface area contributed by atoms with Gasteiger partial charge < -0.3 is 4.74 Å². The van der Waals surface area contributed by atoms with Crippen LogP contribution in [-0.2, 0) is 14.8 Å². The SMILES string of the molecule is CCN(CC)S(=O)(=O)c1ccc(C(=O)CN2C(=O)c3ccccc3OC(C)C2=O)cc1. The van der Waals surface area contributed by atoms with E-state index < -0.39 is 40.3 Å². The first kappa shape index (κ1) is 22.6. The van der Waals surface area contributed by atoms with Gasteiger partial charge in [0, 0.05) is 18.7 Å². The average Bonchev–Trinajstić information content (AvgIpc) is 2.85. The maximum Gasteiger partial charge on any atom is 0.270 e. The number of hydrogen-bond donors (Lipinski definition) is 0. The lowest BCUT2D eigenvalue weighted by Gasteiger charge is -2.20. The number of ether oxygens (including phenoxy) is 1. The molecule has 0 aliphatic carbocycles. The zero-order chi connectivity index (χ0) is 22.8. The Bertz CT molecular complexity index is 1110. The van der Waals surface area contributed by atoms with Crippen LogP contribution in [0.5, 0.6) is 5.75 Å². The third kappa shape index (κ3) is 4.38. The molecule has 0 saturated heterocycles. The van der Waals surface area contributed by atoms with E-state index in [1.807, 2.05) is 0 Å². The highest BCUT2D eigenvalue weighted by Gasteiger charge is 2.35. The first-order valence-corrected chi connectivity index (χ1v) is 11.4. The predicted molar refractivity (Wildman–Crippen MR) is 113 cm³/mol. The van der Waals surface area contributed by atoms with Crippen LogP contribution in [0.15, 0.2) is 53.4 Å². The van der Waals surface area contributed by atoms with Gasteiger partial charge in [-0.3, -0.25) is 19.3 Å². The molecule has 0 radical (unpaired) electrons. The van der Waals surface area contributed by atoms with E-state index in [-0.39, 0.29) is 21.8 Å². The van der Waals surface area contributed by atoms with Gasteiger partial charge >= 0.3 is 0 Å². The van der Waals surface area contributed by atoms with E-state index in [1.54, 1.807) is 32.0 Å². The largest absolute Gasteiger partial charge is 0.480 e. The van der Waals surface area contributed by atoms with Gasteiger partial charge in [-0.1, -0.05) is 26.0 Å². The van der Waals surface area contributed by atoms with Gasteiger partial charge in [-0.05, 0) is 43.3 Å². The molecule has 0 N–H and O–H groups in total. The number of para-hydroxylation sites is 1. The summed E-state index contributed by atoms with van der Waals surface area (Å²) in [6, 6.07) is 12.0. The fraction of sp³-hybridized carbons (Fsp3) is 0.318. The van der Waals surface area contributed by atoms with Crippen LogP contribution in [0.3, 0.4) is 0 Å². The molecule has 164 valence electrons. The minimum Gasteiger partial charge on any atom is -0.480 e. The summed E-state index contributed by atoms with van der Waals surface area (Å²) in [6.45, 7) is 5.21. The average molecular weight is 445 g/mol. The second kappa shape index (κ2) is 8.99. The van der Waals surface area contributed by atoms with Crippen molar-refractivity contribution in [2.24, 2.45) is 0 Å². The third-order valence-corrected chi connectivity index (χ3v) is 7.17. The molecule has 0 aromatic heterocycles. The molecule has 3 rings (SSSR count). The number of amides is 2. The summed E-state index contributed by atoms with van der Waals surface area (Å²) >= 11 is 0. The van der Waals surface area contributed by atoms with Crippen molar-refractivity contribution in [3.63, 3.8) is 0 Å². The summed E-state index contributed by atoms with van der Waals surface area (Å²) in [7, 11) is -3.65. The fourth-order valence-corrected chi connectivity index (χ4v) is 4.82. The van der Waals surface area contributed by atoms with Gasteiger partial charge in [-0.15, -0.1) is 0 Å².